The molecule has 2 unspecified atom stereocenters. The van der Waals surface area contributed by atoms with E-state index in [1.807, 2.05) is 31.2 Å². The average molecular weight is 362 g/mol. The molecule has 2 aliphatic heterocycles. The van der Waals surface area contributed by atoms with Gasteiger partial charge in [0.2, 0.25) is 0 Å². The first-order valence-corrected chi connectivity index (χ1v) is 9.67. The van der Waals surface area contributed by atoms with Crippen LogP contribution in [0.3, 0.4) is 0 Å². The van der Waals surface area contributed by atoms with E-state index in [-0.39, 0.29) is 0 Å². The van der Waals surface area contributed by atoms with Crippen LogP contribution in [0, 0.1) is 24.2 Å². The van der Waals surface area contributed by atoms with E-state index in [1.54, 1.807) is 6.33 Å². The SMILES string of the molecule is Cc1cc(C#N)ccc1Nc1cc(N(C)CC2CC3CCC(C2)N3)ncn1. The molecule has 4 rings (SSSR count). The standard InChI is InChI=1S/C21H26N6/c1-14-7-15(11-22)3-6-19(14)26-20-10-21(24-13-23-20)27(2)12-16-8-17-4-5-18(9-16)25-17/h3,6-7,10,13,16-18,25H,4-5,8-9,12H2,1-2H3,(H,23,24,26). The van der Waals surface area contributed by atoms with Gasteiger partial charge in [0.1, 0.15) is 18.0 Å². The van der Waals surface area contributed by atoms with Gasteiger partial charge in [0.15, 0.2) is 0 Å². The van der Waals surface area contributed by atoms with Gasteiger partial charge < -0.3 is 15.5 Å². The fraction of sp³-hybridized carbons (Fsp3) is 0.476. The summed E-state index contributed by atoms with van der Waals surface area (Å²) in [7, 11) is 2.11. The van der Waals surface area contributed by atoms with Gasteiger partial charge in [-0.25, -0.2) is 9.97 Å². The number of fused-ring (bicyclic) bond motifs is 2. The number of nitriles is 1. The summed E-state index contributed by atoms with van der Waals surface area (Å²) in [5.74, 6) is 2.43. The topological polar surface area (TPSA) is 76.9 Å². The average Bonchev–Trinajstić information content (AvgIpc) is 3.02. The van der Waals surface area contributed by atoms with E-state index in [0.717, 1.165) is 35.3 Å². The summed E-state index contributed by atoms with van der Waals surface area (Å²) in [5, 5.41) is 16.1. The summed E-state index contributed by atoms with van der Waals surface area (Å²) in [6.07, 6.45) is 6.80. The second-order valence-corrected chi connectivity index (χ2v) is 7.88. The zero-order chi connectivity index (χ0) is 18.8. The molecule has 0 radical (unpaired) electrons. The molecule has 2 N–H and O–H groups in total. The first kappa shape index (κ1) is 17.7. The Bertz CT molecular complexity index is 846. The van der Waals surface area contributed by atoms with E-state index in [1.165, 1.54) is 25.7 Å². The molecule has 0 amide bonds. The van der Waals surface area contributed by atoms with Gasteiger partial charge in [-0.3, -0.25) is 0 Å². The fourth-order valence-electron chi connectivity index (χ4n) is 4.44. The van der Waals surface area contributed by atoms with Crippen molar-refractivity contribution in [3.63, 3.8) is 0 Å². The number of benzene rings is 1. The maximum Gasteiger partial charge on any atom is 0.135 e. The van der Waals surface area contributed by atoms with Crippen LogP contribution in [0.15, 0.2) is 30.6 Å². The van der Waals surface area contributed by atoms with Crippen molar-refractivity contribution in [2.45, 2.75) is 44.7 Å². The van der Waals surface area contributed by atoms with Crippen molar-refractivity contribution in [2.24, 2.45) is 5.92 Å². The van der Waals surface area contributed by atoms with Crippen LogP contribution >= 0.6 is 0 Å². The Kier molecular flexibility index (Phi) is 4.95. The summed E-state index contributed by atoms with van der Waals surface area (Å²) in [6, 6.07) is 11.2. The van der Waals surface area contributed by atoms with E-state index < -0.39 is 0 Å². The zero-order valence-electron chi connectivity index (χ0n) is 15.9. The molecule has 2 aliphatic rings. The molecule has 6 heteroatoms. The second kappa shape index (κ2) is 7.53. The Labute approximate surface area is 160 Å². The molecule has 2 saturated heterocycles. The Morgan fingerprint density at radius 1 is 1.22 bits per heavy atom. The quantitative estimate of drug-likeness (QED) is 0.849. The maximum atomic E-state index is 9.01. The summed E-state index contributed by atoms with van der Waals surface area (Å²) in [4.78, 5) is 11.1. The zero-order valence-corrected chi connectivity index (χ0v) is 15.9. The molecule has 1 aromatic heterocycles. The lowest BCUT2D eigenvalue weighted by atomic mass is 9.92. The minimum atomic E-state index is 0.664. The minimum Gasteiger partial charge on any atom is -0.359 e. The number of hydrogen-bond donors (Lipinski definition) is 2. The van der Waals surface area contributed by atoms with Crippen LogP contribution in [0.2, 0.25) is 0 Å². The monoisotopic (exact) mass is 362 g/mol. The molecule has 6 nitrogen and oxygen atoms in total. The number of anilines is 3. The highest BCUT2D eigenvalue weighted by Crippen LogP contribution is 2.32. The van der Waals surface area contributed by atoms with E-state index in [2.05, 4.69) is 38.6 Å². The number of aromatic nitrogens is 2. The van der Waals surface area contributed by atoms with Gasteiger partial charge in [-0.15, -0.1) is 0 Å². The number of nitrogens with zero attached hydrogens (tertiary/aromatic N) is 4. The predicted octanol–water partition coefficient (Wildman–Crippen LogP) is 3.37. The smallest absolute Gasteiger partial charge is 0.135 e. The van der Waals surface area contributed by atoms with Crippen LogP contribution in [0.4, 0.5) is 17.3 Å². The minimum absolute atomic E-state index is 0.664. The summed E-state index contributed by atoms with van der Waals surface area (Å²) < 4.78 is 0. The molecule has 0 saturated carbocycles. The van der Waals surface area contributed by atoms with Crippen LogP contribution in [0.5, 0.6) is 0 Å². The molecule has 2 bridgehead atoms. The highest BCUT2D eigenvalue weighted by molar-refractivity contribution is 5.63. The van der Waals surface area contributed by atoms with Crippen LogP contribution in [0.1, 0.15) is 36.8 Å². The van der Waals surface area contributed by atoms with Crippen LogP contribution in [-0.4, -0.2) is 35.6 Å². The lowest BCUT2D eigenvalue weighted by Gasteiger charge is -2.32. The van der Waals surface area contributed by atoms with Gasteiger partial charge in [-0.2, -0.15) is 5.26 Å². The summed E-state index contributed by atoms with van der Waals surface area (Å²) >= 11 is 0. The van der Waals surface area contributed by atoms with Crippen molar-refractivity contribution in [2.75, 3.05) is 23.8 Å². The van der Waals surface area contributed by atoms with E-state index in [4.69, 9.17) is 5.26 Å². The lowest BCUT2D eigenvalue weighted by molar-refractivity contribution is 0.303. The molecule has 3 heterocycles. The first-order chi connectivity index (χ1) is 13.1. The molecular weight excluding hydrogens is 336 g/mol. The Hall–Kier alpha value is -2.65. The largest absolute Gasteiger partial charge is 0.359 e. The van der Waals surface area contributed by atoms with Crippen molar-refractivity contribution in [1.82, 2.24) is 15.3 Å². The molecule has 2 fully saturated rings. The molecule has 27 heavy (non-hydrogen) atoms. The molecule has 2 aromatic rings. The molecule has 1 aromatic carbocycles. The first-order valence-electron chi connectivity index (χ1n) is 9.67. The van der Waals surface area contributed by atoms with Crippen molar-refractivity contribution in [3.8, 4) is 6.07 Å². The van der Waals surface area contributed by atoms with Crippen LogP contribution < -0.4 is 15.5 Å². The third-order valence-electron chi connectivity index (χ3n) is 5.76. The maximum absolute atomic E-state index is 9.01. The van der Waals surface area contributed by atoms with Gasteiger partial charge in [0.25, 0.3) is 0 Å². The number of rotatable bonds is 5. The van der Waals surface area contributed by atoms with E-state index in [0.29, 0.717) is 17.6 Å². The Balaban J connectivity index is 1.43. The van der Waals surface area contributed by atoms with Crippen molar-refractivity contribution in [1.29, 1.82) is 5.26 Å². The predicted molar refractivity (Wildman–Crippen MR) is 107 cm³/mol. The number of piperidine rings is 1. The molecule has 0 aliphatic carbocycles. The van der Waals surface area contributed by atoms with Crippen LogP contribution in [-0.2, 0) is 0 Å². The van der Waals surface area contributed by atoms with Gasteiger partial charge >= 0.3 is 0 Å². The normalized spacial score (nSPS) is 23.7. The van der Waals surface area contributed by atoms with E-state index >= 15 is 0 Å². The van der Waals surface area contributed by atoms with E-state index in [9.17, 15) is 0 Å². The third kappa shape index (κ3) is 4.04. The van der Waals surface area contributed by atoms with Crippen LogP contribution in [0.25, 0.3) is 0 Å². The summed E-state index contributed by atoms with van der Waals surface area (Å²) in [6.45, 7) is 3.02. The molecule has 2 atom stereocenters. The Morgan fingerprint density at radius 2 is 2.00 bits per heavy atom. The third-order valence-corrected chi connectivity index (χ3v) is 5.76. The number of hydrogen-bond acceptors (Lipinski definition) is 6. The van der Waals surface area contributed by atoms with Crippen molar-refractivity contribution >= 4 is 17.3 Å². The molecular formula is C21H26N6. The highest BCUT2D eigenvalue weighted by atomic mass is 15.2. The molecule has 140 valence electrons. The molecule has 0 spiro atoms. The van der Waals surface area contributed by atoms with Gasteiger partial charge in [-0.1, -0.05) is 0 Å². The van der Waals surface area contributed by atoms with Gasteiger partial charge in [-0.05, 0) is 62.3 Å². The second-order valence-electron chi connectivity index (χ2n) is 7.88. The van der Waals surface area contributed by atoms with Gasteiger partial charge in [0.05, 0.1) is 11.6 Å². The highest BCUT2D eigenvalue weighted by Gasteiger charge is 2.33. The summed E-state index contributed by atoms with van der Waals surface area (Å²) in [5.41, 5.74) is 2.64. The van der Waals surface area contributed by atoms with Gasteiger partial charge in [0, 0.05) is 37.4 Å². The van der Waals surface area contributed by atoms with Crippen molar-refractivity contribution < 1.29 is 0 Å². The lowest BCUT2D eigenvalue weighted by Crippen LogP contribution is -2.41. The van der Waals surface area contributed by atoms with Crippen molar-refractivity contribution in [3.05, 3.63) is 41.7 Å². The number of aryl methyl sites for hydroxylation is 1. The number of nitrogens with one attached hydrogen (secondary N) is 2. The fourth-order valence-corrected chi connectivity index (χ4v) is 4.44. The Morgan fingerprint density at radius 3 is 2.70 bits per heavy atom.